The Balaban J connectivity index is 2.35. The molecule has 0 bridgehead atoms. The summed E-state index contributed by atoms with van der Waals surface area (Å²) >= 11 is 0. The Morgan fingerprint density at radius 1 is 1.30 bits per heavy atom. The minimum atomic E-state index is -0.776. The molecule has 0 atom stereocenters. The van der Waals surface area contributed by atoms with Crippen molar-refractivity contribution < 1.29 is 24.1 Å². The summed E-state index contributed by atoms with van der Waals surface area (Å²) in [6.45, 7) is 2.39. The molecule has 0 radical (unpaired) electrons. The van der Waals surface area contributed by atoms with Crippen LogP contribution in [0.1, 0.15) is 26.2 Å². The second kappa shape index (κ2) is 8.24. The largest absolute Gasteiger partial charge is 0.504 e. The second-order valence-corrected chi connectivity index (χ2v) is 4.88. The molecule has 0 saturated carbocycles. The lowest BCUT2D eigenvalue weighted by Crippen LogP contribution is -2.05. The number of unbranched alkanes of at least 4 members (excludes halogenated alkanes) is 1. The third kappa shape index (κ3) is 4.04. The number of ether oxygens (including phenoxy) is 2. The van der Waals surface area contributed by atoms with Crippen molar-refractivity contribution in [1.82, 2.24) is 0 Å². The predicted octanol–water partition coefficient (Wildman–Crippen LogP) is 2.95. The van der Waals surface area contributed by atoms with Crippen molar-refractivity contribution in [3.63, 3.8) is 0 Å². The molecule has 6 heteroatoms. The second-order valence-electron chi connectivity index (χ2n) is 4.88. The first-order chi connectivity index (χ1) is 11.2. The third-order valence-electron chi connectivity index (χ3n) is 3.16. The molecule has 0 aliphatic rings. The summed E-state index contributed by atoms with van der Waals surface area (Å²) in [4.78, 5) is 12.0. The Labute approximate surface area is 133 Å². The Hall–Kier alpha value is -2.47. The highest BCUT2D eigenvalue weighted by Gasteiger charge is 2.17. The molecule has 0 unspecified atom stereocenters. The highest BCUT2D eigenvalue weighted by atomic mass is 16.5. The summed E-state index contributed by atoms with van der Waals surface area (Å²) in [6, 6.07) is 4.96. The van der Waals surface area contributed by atoms with Gasteiger partial charge in [-0.3, -0.25) is 0 Å². The third-order valence-corrected chi connectivity index (χ3v) is 3.16. The van der Waals surface area contributed by atoms with Gasteiger partial charge in [0.1, 0.15) is 0 Å². The van der Waals surface area contributed by atoms with E-state index >= 15 is 0 Å². The molecular formula is C17H20O6. The molecule has 2 aromatic rings. The molecule has 2 rings (SSSR count). The molecular weight excluding hydrogens is 300 g/mol. The maximum absolute atomic E-state index is 12.0. The Morgan fingerprint density at radius 3 is 2.87 bits per heavy atom. The molecule has 124 valence electrons. The van der Waals surface area contributed by atoms with Crippen molar-refractivity contribution in [2.75, 3.05) is 13.2 Å². The Kier molecular flexibility index (Phi) is 6.05. The van der Waals surface area contributed by atoms with E-state index in [1.165, 1.54) is 6.26 Å². The standard InChI is InChI=1S/C17H20O6/c1-2-3-10-22-16-14(19)12-7-6-8-13(15(12)23-17(16)20)21-11-5-4-9-18/h3,6-8,10,18-19H,2,4-5,9,11H2,1H3/b10-3+. The lowest BCUT2D eigenvalue weighted by atomic mass is 10.2. The molecule has 1 aromatic carbocycles. The molecule has 23 heavy (non-hydrogen) atoms. The summed E-state index contributed by atoms with van der Waals surface area (Å²) in [7, 11) is 0. The van der Waals surface area contributed by atoms with Crippen LogP contribution in [0.3, 0.4) is 0 Å². The molecule has 0 amide bonds. The van der Waals surface area contributed by atoms with Crippen LogP contribution in [0.25, 0.3) is 11.0 Å². The van der Waals surface area contributed by atoms with Crippen molar-refractivity contribution in [3.8, 4) is 17.2 Å². The highest BCUT2D eigenvalue weighted by molar-refractivity contribution is 5.89. The summed E-state index contributed by atoms with van der Waals surface area (Å²) in [6.07, 6.45) is 5.09. The monoisotopic (exact) mass is 320 g/mol. The molecule has 0 aliphatic carbocycles. The Bertz CT molecular complexity index is 732. The molecule has 6 nitrogen and oxygen atoms in total. The van der Waals surface area contributed by atoms with E-state index in [1.807, 2.05) is 6.92 Å². The van der Waals surface area contributed by atoms with Crippen LogP contribution in [0.4, 0.5) is 0 Å². The van der Waals surface area contributed by atoms with E-state index in [4.69, 9.17) is 19.0 Å². The van der Waals surface area contributed by atoms with Crippen LogP contribution in [-0.2, 0) is 0 Å². The number of aliphatic hydroxyl groups is 1. The van der Waals surface area contributed by atoms with Crippen molar-refractivity contribution in [3.05, 3.63) is 41.0 Å². The number of para-hydroxylation sites is 1. The first kappa shape index (κ1) is 16.9. The number of aliphatic hydroxyl groups excluding tert-OH is 1. The zero-order valence-corrected chi connectivity index (χ0v) is 12.9. The number of aromatic hydroxyl groups is 1. The number of hydrogen-bond acceptors (Lipinski definition) is 6. The van der Waals surface area contributed by atoms with E-state index < -0.39 is 5.63 Å². The fraction of sp³-hybridized carbons (Fsp3) is 0.353. The van der Waals surface area contributed by atoms with Crippen LogP contribution in [0.15, 0.2) is 39.7 Å². The van der Waals surface area contributed by atoms with E-state index in [2.05, 4.69) is 0 Å². The topological polar surface area (TPSA) is 89.1 Å². The molecule has 1 aromatic heterocycles. The summed E-state index contributed by atoms with van der Waals surface area (Å²) in [5.74, 6) is -0.166. The van der Waals surface area contributed by atoms with Gasteiger partial charge in [-0.05, 0) is 37.5 Å². The maximum atomic E-state index is 12.0. The first-order valence-electron chi connectivity index (χ1n) is 7.53. The zero-order valence-electron chi connectivity index (χ0n) is 12.9. The van der Waals surface area contributed by atoms with Gasteiger partial charge in [0.25, 0.3) is 5.75 Å². The van der Waals surface area contributed by atoms with Crippen LogP contribution in [0.2, 0.25) is 0 Å². The molecule has 0 saturated heterocycles. The smallest absolute Gasteiger partial charge is 0.383 e. The van der Waals surface area contributed by atoms with Gasteiger partial charge < -0.3 is 24.1 Å². The van der Waals surface area contributed by atoms with Crippen LogP contribution in [-0.4, -0.2) is 23.4 Å². The number of hydrogen-bond donors (Lipinski definition) is 2. The van der Waals surface area contributed by atoms with E-state index in [0.29, 0.717) is 30.6 Å². The van der Waals surface area contributed by atoms with Gasteiger partial charge in [-0.25, -0.2) is 4.79 Å². The fourth-order valence-corrected chi connectivity index (χ4v) is 1.99. The van der Waals surface area contributed by atoms with Gasteiger partial charge in [0.15, 0.2) is 17.1 Å². The normalized spacial score (nSPS) is 11.2. The van der Waals surface area contributed by atoms with E-state index in [1.54, 1.807) is 24.3 Å². The maximum Gasteiger partial charge on any atom is 0.383 e. The Morgan fingerprint density at radius 2 is 2.13 bits per heavy atom. The van der Waals surface area contributed by atoms with Gasteiger partial charge in [0, 0.05) is 6.61 Å². The molecule has 1 heterocycles. The quantitative estimate of drug-likeness (QED) is 0.441. The van der Waals surface area contributed by atoms with Crippen molar-refractivity contribution >= 4 is 11.0 Å². The lowest BCUT2D eigenvalue weighted by Gasteiger charge is -2.10. The molecule has 0 aliphatic heterocycles. The minimum Gasteiger partial charge on any atom is -0.504 e. The minimum absolute atomic E-state index is 0.0980. The lowest BCUT2D eigenvalue weighted by molar-refractivity contribution is 0.252. The van der Waals surface area contributed by atoms with E-state index in [0.717, 1.165) is 6.42 Å². The summed E-state index contributed by atoms with van der Waals surface area (Å²) in [5, 5.41) is 19.4. The van der Waals surface area contributed by atoms with Crippen molar-refractivity contribution in [1.29, 1.82) is 0 Å². The van der Waals surface area contributed by atoms with Gasteiger partial charge in [0.2, 0.25) is 0 Å². The van der Waals surface area contributed by atoms with Crippen LogP contribution in [0, 0.1) is 0 Å². The van der Waals surface area contributed by atoms with Gasteiger partial charge >= 0.3 is 5.63 Å². The highest BCUT2D eigenvalue weighted by Crippen LogP contribution is 2.35. The average molecular weight is 320 g/mol. The number of allylic oxidation sites excluding steroid dienone is 1. The number of benzene rings is 1. The van der Waals surface area contributed by atoms with Gasteiger partial charge in [-0.2, -0.15) is 0 Å². The first-order valence-corrected chi connectivity index (χ1v) is 7.53. The molecule has 0 fully saturated rings. The number of rotatable bonds is 8. The fourth-order valence-electron chi connectivity index (χ4n) is 1.99. The molecule has 0 spiro atoms. The van der Waals surface area contributed by atoms with Crippen LogP contribution >= 0.6 is 0 Å². The van der Waals surface area contributed by atoms with Crippen molar-refractivity contribution in [2.24, 2.45) is 0 Å². The van der Waals surface area contributed by atoms with Gasteiger partial charge in [-0.1, -0.05) is 13.0 Å². The predicted molar refractivity (Wildman–Crippen MR) is 86.0 cm³/mol. The SMILES string of the molecule is CC/C=C/Oc1c(O)c2cccc(OCCCCO)c2oc1=O. The molecule has 2 N–H and O–H groups in total. The zero-order chi connectivity index (χ0) is 16.7. The summed E-state index contributed by atoms with van der Waals surface area (Å²) in [5.41, 5.74) is -0.604. The van der Waals surface area contributed by atoms with E-state index in [9.17, 15) is 9.90 Å². The average Bonchev–Trinajstić information content (AvgIpc) is 2.55. The van der Waals surface area contributed by atoms with Crippen LogP contribution in [0.5, 0.6) is 17.2 Å². The van der Waals surface area contributed by atoms with Crippen LogP contribution < -0.4 is 15.1 Å². The number of fused-ring (bicyclic) bond motifs is 1. The van der Waals surface area contributed by atoms with Crippen molar-refractivity contribution in [2.45, 2.75) is 26.2 Å². The summed E-state index contributed by atoms with van der Waals surface area (Å²) < 4.78 is 16.0. The van der Waals surface area contributed by atoms with E-state index in [-0.39, 0.29) is 23.7 Å². The van der Waals surface area contributed by atoms with Gasteiger partial charge in [0.05, 0.1) is 18.3 Å². The van der Waals surface area contributed by atoms with Gasteiger partial charge in [-0.15, -0.1) is 0 Å².